The number of rotatable bonds is 2. The lowest BCUT2D eigenvalue weighted by atomic mass is 10.1. The zero-order chi connectivity index (χ0) is 12.5. The lowest BCUT2D eigenvalue weighted by molar-refractivity contribution is 0.101. The highest BCUT2D eigenvalue weighted by molar-refractivity contribution is 6.10. The van der Waals surface area contributed by atoms with Crippen LogP contribution in [0.15, 0.2) is 53.2 Å². The highest BCUT2D eigenvalue weighted by atomic mass is 16.3. The normalized spacial score (nSPS) is 10.7. The van der Waals surface area contributed by atoms with E-state index in [4.69, 9.17) is 4.42 Å². The number of ketones is 1. The van der Waals surface area contributed by atoms with Gasteiger partial charge in [0.25, 0.3) is 0 Å². The van der Waals surface area contributed by atoms with Gasteiger partial charge in [-0.25, -0.2) is 0 Å². The summed E-state index contributed by atoms with van der Waals surface area (Å²) in [5, 5.41) is 0.981. The average molecular weight is 237 g/mol. The van der Waals surface area contributed by atoms with E-state index < -0.39 is 0 Å². The van der Waals surface area contributed by atoms with Crippen LogP contribution in [0.25, 0.3) is 11.0 Å². The molecule has 18 heavy (non-hydrogen) atoms. The number of para-hydroxylation sites is 1. The Morgan fingerprint density at radius 2 is 1.83 bits per heavy atom. The first-order chi connectivity index (χ1) is 8.77. The zero-order valence-electron chi connectivity index (χ0n) is 9.88. The SMILES string of the molecule is Cc1c(C(=O)c2ccncc2)oc2ccccc12. The van der Waals surface area contributed by atoms with Crippen molar-refractivity contribution in [2.75, 3.05) is 0 Å². The number of hydrogen-bond acceptors (Lipinski definition) is 3. The molecule has 3 nitrogen and oxygen atoms in total. The molecule has 0 saturated carbocycles. The molecule has 0 radical (unpaired) electrons. The standard InChI is InChI=1S/C15H11NO2/c1-10-12-4-2-3-5-13(12)18-15(10)14(17)11-6-8-16-9-7-11/h2-9H,1H3. The van der Waals surface area contributed by atoms with Gasteiger partial charge in [-0.05, 0) is 25.1 Å². The van der Waals surface area contributed by atoms with Gasteiger partial charge in [-0.15, -0.1) is 0 Å². The molecule has 0 aliphatic rings. The molecule has 3 aromatic rings. The van der Waals surface area contributed by atoms with Gasteiger partial charge in [-0.2, -0.15) is 0 Å². The van der Waals surface area contributed by atoms with Crippen molar-refractivity contribution in [3.63, 3.8) is 0 Å². The maximum absolute atomic E-state index is 12.3. The summed E-state index contributed by atoms with van der Waals surface area (Å²) in [6, 6.07) is 11.0. The van der Waals surface area contributed by atoms with Crippen molar-refractivity contribution < 1.29 is 9.21 Å². The van der Waals surface area contributed by atoms with Gasteiger partial charge < -0.3 is 4.42 Å². The fourth-order valence-electron chi connectivity index (χ4n) is 2.03. The van der Waals surface area contributed by atoms with Gasteiger partial charge in [0.2, 0.25) is 5.78 Å². The number of carbonyl (C=O) groups is 1. The maximum Gasteiger partial charge on any atom is 0.228 e. The van der Waals surface area contributed by atoms with Crippen LogP contribution in [0.3, 0.4) is 0 Å². The molecule has 0 spiro atoms. The molecule has 3 rings (SSSR count). The van der Waals surface area contributed by atoms with E-state index in [-0.39, 0.29) is 5.78 Å². The first-order valence-electron chi connectivity index (χ1n) is 5.70. The Bertz CT molecular complexity index is 714. The van der Waals surface area contributed by atoms with Gasteiger partial charge in [-0.1, -0.05) is 18.2 Å². The molecule has 0 amide bonds. The van der Waals surface area contributed by atoms with Gasteiger partial charge in [0, 0.05) is 28.9 Å². The maximum atomic E-state index is 12.3. The summed E-state index contributed by atoms with van der Waals surface area (Å²) in [6.45, 7) is 1.90. The van der Waals surface area contributed by atoms with Crippen LogP contribution >= 0.6 is 0 Å². The summed E-state index contributed by atoms with van der Waals surface area (Å²) >= 11 is 0. The third-order valence-corrected chi connectivity index (χ3v) is 2.99. The summed E-state index contributed by atoms with van der Waals surface area (Å²) < 4.78 is 5.65. The monoisotopic (exact) mass is 237 g/mol. The van der Waals surface area contributed by atoms with Gasteiger partial charge in [-0.3, -0.25) is 9.78 Å². The predicted molar refractivity (Wildman–Crippen MR) is 68.6 cm³/mol. The van der Waals surface area contributed by atoms with E-state index in [0.717, 1.165) is 16.5 Å². The minimum Gasteiger partial charge on any atom is -0.452 e. The summed E-state index contributed by atoms with van der Waals surface area (Å²) in [7, 11) is 0. The number of aromatic nitrogens is 1. The van der Waals surface area contributed by atoms with Crippen LogP contribution in [0.5, 0.6) is 0 Å². The number of carbonyl (C=O) groups excluding carboxylic acids is 1. The van der Waals surface area contributed by atoms with Crippen LogP contribution in [0.4, 0.5) is 0 Å². The van der Waals surface area contributed by atoms with Crippen molar-refractivity contribution in [1.82, 2.24) is 4.98 Å². The van der Waals surface area contributed by atoms with E-state index in [2.05, 4.69) is 4.98 Å². The van der Waals surface area contributed by atoms with E-state index >= 15 is 0 Å². The second-order valence-electron chi connectivity index (χ2n) is 4.12. The van der Waals surface area contributed by atoms with Crippen LogP contribution in [0.1, 0.15) is 21.7 Å². The van der Waals surface area contributed by atoms with Crippen molar-refractivity contribution in [3.05, 3.63) is 65.7 Å². The summed E-state index contributed by atoms with van der Waals surface area (Å²) in [6.07, 6.45) is 3.20. The second kappa shape index (κ2) is 4.11. The smallest absolute Gasteiger partial charge is 0.228 e. The van der Waals surface area contributed by atoms with E-state index in [9.17, 15) is 4.79 Å². The molecule has 0 bridgehead atoms. The van der Waals surface area contributed by atoms with Crippen LogP contribution in [0, 0.1) is 6.92 Å². The lowest BCUT2D eigenvalue weighted by Crippen LogP contribution is -2.01. The highest BCUT2D eigenvalue weighted by Gasteiger charge is 2.18. The summed E-state index contributed by atoms with van der Waals surface area (Å²) in [4.78, 5) is 16.2. The predicted octanol–water partition coefficient (Wildman–Crippen LogP) is 3.37. The molecule has 3 heteroatoms. The molecule has 0 fully saturated rings. The van der Waals surface area contributed by atoms with Gasteiger partial charge >= 0.3 is 0 Å². The molecule has 2 aromatic heterocycles. The van der Waals surface area contributed by atoms with Crippen molar-refractivity contribution in [2.45, 2.75) is 6.92 Å². The second-order valence-corrected chi connectivity index (χ2v) is 4.12. The van der Waals surface area contributed by atoms with Gasteiger partial charge in [0.15, 0.2) is 5.76 Å². The fourth-order valence-corrected chi connectivity index (χ4v) is 2.03. The minimum absolute atomic E-state index is 0.105. The van der Waals surface area contributed by atoms with Crippen molar-refractivity contribution >= 4 is 16.8 Å². The number of aryl methyl sites for hydroxylation is 1. The van der Waals surface area contributed by atoms with Crippen LogP contribution in [-0.4, -0.2) is 10.8 Å². The average Bonchev–Trinajstić information content (AvgIpc) is 2.77. The van der Waals surface area contributed by atoms with Crippen LogP contribution < -0.4 is 0 Å². The van der Waals surface area contributed by atoms with Crippen molar-refractivity contribution in [2.24, 2.45) is 0 Å². The first-order valence-corrected chi connectivity index (χ1v) is 5.70. The minimum atomic E-state index is -0.105. The van der Waals surface area contributed by atoms with Crippen LogP contribution in [-0.2, 0) is 0 Å². The van der Waals surface area contributed by atoms with Crippen molar-refractivity contribution in [3.8, 4) is 0 Å². The molecule has 0 aliphatic carbocycles. The largest absolute Gasteiger partial charge is 0.452 e. The fraction of sp³-hybridized carbons (Fsp3) is 0.0667. The van der Waals surface area contributed by atoms with E-state index in [1.807, 2.05) is 31.2 Å². The zero-order valence-corrected chi connectivity index (χ0v) is 9.88. The molecule has 1 aromatic carbocycles. The number of pyridine rings is 1. The van der Waals surface area contributed by atoms with Gasteiger partial charge in [0.1, 0.15) is 5.58 Å². The molecule has 0 N–H and O–H groups in total. The quantitative estimate of drug-likeness (QED) is 0.642. The third kappa shape index (κ3) is 1.61. The molecule has 88 valence electrons. The number of benzene rings is 1. The molecular formula is C15H11NO2. The highest BCUT2D eigenvalue weighted by Crippen LogP contribution is 2.26. The Morgan fingerprint density at radius 1 is 1.11 bits per heavy atom. The third-order valence-electron chi connectivity index (χ3n) is 2.99. The Labute approximate surface area is 104 Å². The Morgan fingerprint density at radius 3 is 2.56 bits per heavy atom. The lowest BCUT2D eigenvalue weighted by Gasteiger charge is -1.97. The number of hydrogen-bond donors (Lipinski definition) is 0. The van der Waals surface area contributed by atoms with Crippen LogP contribution in [0.2, 0.25) is 0 Å². The Hall–Kier alpha value is -2.42. The van der Waals surface area contributed by atoms with Gasteiger partial charge in [0.05, 0.1) is 0 Å². The number of furan rings is 1. The molecule has 0 unspecified atom stereocenters. The molecule has 0 atom stereocenters. The van der Waals surface area contributed by atoms with E-state index in [1.54, 1.807) is 24.5 Å². The molecule has 2 heterocycles. The topological polar surface area (TPSA) is 43.1 Å². The number of nitrogens with zero attached hydrogens (tertiary/aromatic N) is 1. The van der Waals surface area contributed by atoms with E-state index in [0.29, 0.717) is 11.3 Å². The van der Waals surface area contributed by atoms with E-state index in [1.165, 1.54) is 0 Å². The van der Waals surface area contributed by atoms with Crippen molar-refractivity contribution in [1.29, 1.82) is 0 Å². The Balaban J connectivity index is 2.15. The number of fused-ring (bicyclic) bond motifs is 1. The first kappa shape index (κ1) is 10.7. The Kier molecular flexibility index (Phi) is 2.45. The molecular weight excluding hydrogens is 226 g/mol. The molecule has 0 saturated heterocycles. The molecule has 0 aliphatic heterocycles. The summed E-state index contributed by atoms with van der Waals surface area (Å²) in [5.74, 6) is 0.300. The summed E-state index contributed by atoms with van der Waals surface area (Å²) in [5.41, 5.74) is 2.21.